The van der Waals surface area contributed by atoms with Crippen molar-refractivity contribution in [1.29, 1.82) is 0 Å². The Morgan fingerprint density at radius 1 is 1.31 bits per heavy atom. The summed E-state index contributed by atoms with van der Waals surface area (Å²) in [5.41, 5.74) is 2.94. The summed E-state index contributed by atoms with van der Waals surface area (Å²) in [5, 5.41) is 3.31. The van der Waals surface area contributed by atoms with Gasteiger partial charge >= 0.3 is 0 Å². The van der Waals surface area contributed by atoms with Crippen LogP contribution >= 0.6 is 11.8 Å². The normalized spacial score (nSPS) is 12.7. The van der Waals surface area contributed by atoms with Crippen LogP contribution in [0.25, 0.3) is 0 Å². The number of aryl methyl sites for hydroxylation is 1. The molecule has 90 valence electrons. The predicted octanol–water partition coefficient (Wildman–Crippen LogP) is 3.44. The third-order valence-electron chi connectivity index (χ3n) is 2.98. The molecule has 0 spiro atoms. The third-order valence-corrected chi connectivity index (χ3v) is 3.68. The molecular weight excluding hydrogens is 214 g/mol. The average Bonchev–Trinajstić information content (AvgIpc) is 2.29. The van der Waals surface area contributed by atoms with Gasteiger partial charge in [0.2, 0.25) is 0 Å². The van der Waals surface area contributed by atoms with Crippen molar-refractivity contribution in [3.05, 3.63) is 35.4 Å². The average molecular weight is 237 g/mol. The smallest absolute Gasteiger partial charge is 0.00172 e. The van der Waals surface area contributed by atoms with E-state index in [4.69, 9.17) is 0 Å². The predicted molar refractivity (Wildman–Crippen MR) is 75.5 cm³/mol. The Hall–Kier alpha value is -0.470. The first-order chi connectivity index (χ1) is 7.79. The largest absolute Gasteiger partial charge is 0.319 e. The number of benzene rings is 1. The van der Waals surface area contributed by atoms with Gasteiger partial charge in [-0.2, -0.15) is 11.8 Å². The highest BCUT2D eigenvalue weighted by molar-refractivity contribution is 7.98. The summed E-state index contributed by atoms with van der Waals surface area (Å²) >= 11 is 1.94. The summed E-state index contributed by atoms with van der Waals surface area (Å²) in [7, 11) is 2.04. The molecule has 0 amide bonds. The highest BCUT2D eigenvalue weighted by atomic mass is 32.2. The molecule has 1 nitrogen and oxygen atoms in total. The van der Waals surface area contributed by atoms with Crippen LogP contribution in [-0.4, -0.2) is 25.6 Å². The summed E-state index contributed by atoms with van der Waals surface area (Å²) in [4.78, 5) is 0. The molecule has 0 heterocycles. The van der Waals surface area contributed by atoms with E-state index in [0.29, 0.717) is 5.92 Å². The van der Waals surface area contributed by atoms with Crippen molar-refractivity contribution in [3.8, 4) is 0 Å². The van der Waals surface area contributed by atoms with Crippen LogP contribution in [0.3, 0.4) is 0 Å². The molecule has 16 heavy (non-hydrogen) atoms. The molecule has 2 heteroatoms. The van der Waals surface area contributed by atoms with E-state index in [9.17, 15) is 0 Å². The van der Waals surface area contributed by atoms with E-state index in [1.165, 1.54) is 29.7 Å². The highest BCUT2D eigenvalue weighted by Crippen LogP contribution is 2.24. The van der Waals surface area contributed by atoms with Crippen molar-refractivity contribution in [2.45, 2.75) is 25.7 Å². The molecule has 1 unspecified atom stereocenters. The van der Waals surface area contributed by atoms with Crippen LogP contribution in [0.15, 0.2) is 24.3 Å². The molecule has 1 atom stereocenters. The molecule has 0 aliphatic heterocycles. The topological polar surface area (TPSA) is 12.0 Å². The van der Waals surface area contributed by atoms with Gasteiger partial charge in [0.05, 0.1) is 0 Å². The fraction of sp³-hybridized carbons (Fsp3) is 0.571. The zero-order valence-electron chi connectivity index (χ0n) is 10.6. The quantitative estimate of drug-likeness (QED) is 0.729. The van der Waals surface area contributed by atoms with E-state index < -0.39 is 0 Å². The van der Waals surface area contributed by atoms with Crippen LogP contribution in [0, 0.1) is 6.92 Å². The number of likely N-dealkylation sites (N-methyl/N-ethyl adjacent to an activating group) is 1. The van der Waals surface area contributed by atoms with Crippen LogP contribution in [-0.2, 0) is 0 Å². The Morgan fingerprint density at radius 3 is 2.69 bits per heavy atom. The van der Waals surface area contributed by atoms with Gasteiger partial charge in [-0.3, -0.25) is 0 Å². The van der Waals surface area contributed by atoms with Gasteiger partial charge < -0.3 is 5.32 Å². The maximum absolute atomic E-state index is 3.31. The Balaban J connectivity index is 2.65. The molecule has 0 aliphatic rings. The van der Waals surface area contributed by atoms with E-state index in [-0.39, 0.29) is 0 Å². The lowest BCUT2D eigenvalue weighted by molar-refractivity contribution is 0.576. The molecule has 0 radical (unpaired) electrons. The van der Waals surface area contributed by atoms with Crippen LogP contribution < -0.4 is 5.32 Å². The van der Waals surface area contributed by atoms with Crippen molar-refractivity contribution in [3.63, 3.8) is 0 Å². The van der Waals surface area contributed by atoms with Crippen LogP contribution in [0.4, 0.5) is 0 Å². The van der Waals surface area contributed by atoms with E-state index in [2.05, 4.69) is 42.8 Å². The number of thioether (sulfide) groups is 1. The van der Waals surface area contributed by atoms with Gasteiger partial charge in [0.15, 0.2) is 0 Å². The Morgan fingerprint density at radius 2 is 2.06 bits per heavy atom. The van der Waals surface area contributed by atoms with Crippen molar-refractivity contribution in [1.82, 2.24) is 5.32 Å². The highest BCUT2D eigenvalue weighted by Gasteiger charge is 2.11. The molecule has 0 aromatic heterocycles. The fourth-order valence-corrected chi connectivity index (χ4v) is 2.59. The first kappa shape index (κ1) is 13.6. The standard InChI is InChI=1S/C14H23NS/c1-12-7-4-5-9-14(12)13(11-15-2)8-6-10-16-3/h4-5,7,9,13,15H,6,8,10-11H2,1-3H3. The molecule has 0 saturated carbocycles. The summed E-state index contributed by atoms with van der Waals surface area (Å²) < 4.78 is 0. The molecule has 0 fully saturated rings. The zero-order chi connectivity index (χ0) is 11.8. The minimum Gasteiger partial charge on any atom is -0.319 e. The van der Waals surface area contributed by atoms with Gasteiger partial charge in [0.1, 0.15) is 0 Å². The van der Waals surface area contributed by atoms with E-state index >= 15 is 0 Å². The minimum absolute atomic E-state index is 0.665. The molecule has 1 aromatic rings. The van der Waals surface area contributed by atoms with Crippen LogP contribution in [0.5, 0.6) is 0 Å². The molecule has 1 rings (SSSR count). The lowest BCUT2D eigenvalue weighted by Crippen LogP contribution is -2.18. The van der Waals surface area contributed by atoms with Crippen molar-refractivity contribution in [2.24, 2.45) is 0 Å². The third kappa shape index (κ3) is 4.18. The second-order valence-electron chi connectivity index (χ2n) is 4.25. The fourth-order valence-electron chi connectivity index (χ4n) is 2.13. The van der Waals surface area contributed by atoms with Crippen molar-refractivity contribution < 1.29 is 0 Å². The zero-order valence-corrected chi connectivity index (χ0v) is 11.4. The number of nitrogens with one attached hydrogen (secondary N) is 1. The van der Waals surface area contributed by atoms with Gasteiger partial charge in [0, 0.05) is 6.54 Å². The van der Waals surface area contributed by atoms with Gasteiger partial charge in [0.25, 0.3) is 0 Å². The first-order valence-corrected chi connectivity index (χ1v) is 7.38. The lowest BCUT2D eigenvalue weighted by atomic mass is 9.91. The Labute approximate surface area is 104 Å². The SMILES string of the molecule is CNCC(CCCSC)c1ccccc1C. The van der Waals surface area contributed by atoms with Crippen LogP contribution in [0.1, 0.15) is 29.9 Å². The first-order valence-electron chi connectivity index (χ1n) is 5.98. The van der Waals surface area contributed by atoms with Gasteiger partial charge in [-0.25, -0.2) is 0 Å². The van der Waals surface area contributed by atoms with Gasteiger partial charge in [-0.05, 0) is 55.9 Å². The minimum atomic E-state index is 0.665. The molecular formula is C14H23NS. The second-order valence-corrected chi connectivity index (χ2v) is 5.23. The Bertz CT molecular complexity index is 299. The summed E-state index contributed by atoms with van der Waals surface area (Å²) in [5.74, 6) is 1.94. The van der Waals surface area contributed by atoms with Crippen molar-refractivity contribution in [2.75, 3.05) is 25.6 Å². The van der Waals surface area contributed by atoms with Gasteiger partial charge in [-0.1, -0.05) is 24.3 Å². The second kappa shape index (κ2) is 7.75. The summed E-state index contributed by atoms with van der Waals surface area (Å²) in [6.45, 7) is 3.30. The van der Waals surface area contributed by atoms with Crippen LogP contribution in [0.2, 0.25) is 0 Å². The van der Waals surface area contributed by atoms with E-state index in [1.807, 2.05) is 18.8 Å². The molecule has 0 saturated heterocycles. The Kier molecular flexibility index (Phi) is 6.58. The molecule has 0 aliphatic carbocycles. The monoisotopic (exact) mass is 237 g/mol. The van der Waals surface area contributed by atoms with E-state index in [0.717, 1.165) is 6.54 Å². The number of hydrogen-bond donors (Lipinski definition) is 1. The molecule has 0 bridgehead atoms. The maximum atomic E-state index is 3.31. The van der Waals surface area contributed by atoms with Crippen molar-refractivity contribution >= 4 is 11.8 Å². The lowest BCUT2D eigenvalue weighted by Gasteiger charge is -2.19. The number of hydrogen-bond acceptors (Lipinski definition) is 2. The maximum Gasteiger partial charge on any atom is 0.00172 e. The molecule has 1 N–H and O–H groups in total. The number of rotatable bonds is 7. The molecule has 1 aromatic carbocycles. The van der Waals surface area contributed by atoms with E-state index in [1.54, 1.807) is 0 Å². The summed E-state index contributed by atoms with van der Waals surface area (Å²) in [6.07, 6.45) is 4.77. The van der Waals surface area contributed by atoms with Gasteiger partial charge in [-0.15, -0.1) is 0 Å². The summed E-state index contributed by atoms with van der Waals surface area (Å²) in [6, 6.07) is 8.76.